The Bertz CT molecular complexity index is 57.5. The lowest BCUT2D eigenvalue weighted by atomic mass is 10.2. The molecule has 1 nitrogen and oxygen atoms in total. The molecule has 0 bridgehead atoms. The van der Waals surface area contributed by atoms with Crippen LogP contribution in [0.5, 0.6) is 0 Å². The Balaban J connectivity index is 2.17. The normalized spacial score (nSPS) is 25.1. The van der Waals surface area contributed by atoms with Crippen LogP contribution in [-0.2, 0) is 0 Å². The van der Waals surface area contributed by atoms with Crippen molar-refractivity contribution in [2.24, 2.45) is 0 Å². The van der Waals surface area contributed by atoms with Crippen molar-refractivity contribution in [2.45, 2.75) is 25.7 Å². The van der Waals surface area contributed by atoms with Crippen LogP contribution in [0.4, 0.5) is 0 Å². The quantitative estimate of drug-likeness (QED) is 0.490. The van der Waals surface area contributed by atoms with Gasteiger partial charge >= 0.3 is 0 Å². The Morgan fingerprint density at radius 2 is 1.38 bits per heavy atom. The van der Waals surface area contributed by atoms with Crippen molar-refractivity contribution in [1.29, 1.82) is 0 Å². The SMILES string of the molecule is SN1CCCCCC1. The summed E-state index contributed by atoms with van der Waals surface area (Å²) in [6.07, 6.45) is 5.47. The van der Waals surface area contributed by atoms with Gasteiger partial charge in [0.05, 0.1) is 0 Å². The van der Waals surface area contributed by atoms with Crippen molar-refractivity contribution in [2.75, 3.05) is 13.1 Å². The van der Waals surface area contributed by atoms with Crippen molar-refractivity contribution in [3.05, 3.63) is 0 Å². The third kappa shape index (κ3) is 2.05. The molecule has 0 aromatic carbocycles. The van der Waals surface area contributed by atoms with Crippen LogP contribution in [0.15, 0.2) is 0 Å². The van der Waals surface area contributed by atoms with Gasteiger partial charge in [-0.2, -0.15) is 0 Å². The van der Waals surface area contributed by atoms with Crippen LogP contribution in [0.2, 0.25) is 0 Å². The summed E-state index contributed by atoms with van der Waals surface area (Å²) < 4.78 is 2.12. The molecular formula is C6H13NS. The van der Waals surface area contributed by atoms with Crippen LogP contribution >= 0.6 is 12.8 Å². The molecule has 0 aromatic heterocycles. The molecule has 2 heteroatoms. The van der Waals surface area contributed by atoms with Crippen molar-refractivity contribution in [3.63, 3.8) is 0 Å². The summed E-state index contributed by atoms with van der Waals surface area (Å²) in [7, 11) is 0. The number of nitrogens with zero attached hydrogens (tertiary/aromatic N) is 1. The molecule has 1 fully saturated rings. The molecule has 0 radical (unpaired) electrons. The molecule has 0 atom stereocenters. The highest BCUT2D eigenvalue weighted by Gasteiger charge is 2.02. The second-order valence-corrected chi connectivity index (χ2v) is 2.93. The number of hydrogen-bond donors (Lipinski definition) is 1. The fourth-order valence-electron chi connectivity index (χ4n) is 1.05. The monoisotopic (exact) mass is 131 g/mol. The molecule has 1 saturated heterocycles. The molecule has 0 aromatic rings. The molecule has 1 aliphatic rings. The minimum atomic E-state index is 1.18. The Labute approximate surface area is 56.6 Å². The minimum Gasteiger partial charge on any atom is -0.253 e. The zero-order valence-electron chi connectivity index (χ0n) is 5.14. The Hall–Kier alpha value is 0.310. The van der Waals surface area contributed by atoms with E-state index in [0.717, 1.165) is 0 Å². The first kappa shape index (κ1) is 6.43. The molecule has 0 N–H and O–H groups in total. The number of hydrogen-bond acceptors (Lipinski definition) is 2. The van der Waals surface area contributed by atoms with Crippen molar-refractivity contribution in [3.8, 4) is 0 Å². The fourth-order valence-corrected chi connectivity index (χ4v) is 1.34. The number of thiol groups is 1. The summed E-state index contributed by atoms with van der Waals surface area (Å²) >= 11 is 4.26. The maximum Gasteiger partial charge on any atom is 0.00869 e. The highest BCUT2D eigenvalue weighted by Crippen LogP contribution is 2.09. The lowest BCUT2D eigenvalue weighted by molar-refractivity contribution is 0.495. The van der Waals surface area contributed by atoms with Gasteiger partial charge in [0.1, 0.15) is 0 Å². The first-order valence-electron chi connectivity index (χ1n) is 3.33. The Kier molecular flexibility index (Phi) is 2.70. The largest absolute Gasteiger partial charge is 0.253 e. The van der Waals surface area contributed by atoms with E-state index in [0.29, 0.717) is 0 Å². The van der Waals surface area contributed by atoms with Gasteiger partial charge in [0.25, 0.3) is 0 Å². The van der Waals surface area contributed by atoms with E-state index < -0.39 is 0 Å². The second kappa shape index (κ2) is 3.36. The molecule has 0 amide bonds. The summed E-state index contributed by atoms with van der Waals surface area (Å²) in [5.41, 5.74) is 0. The molecule has 1 aliphatic heterocycles. The average molecular weight is 131 g/mol. The Morgan fingerprint density at radius 1 is 0.875 bits per heavy atom. The van der Waals surface area contributed by atoms with Crippen molar-refractivity contribution in [1.82, 2.24) is 4.31 Å². The topological polar surface area (TPSA) is 3.24 Å². The van der Waals surface area contributed by atoms with E-state index in [1.807, 2.05) is 0 Å². The summed E-state index contributed by atoms with van der Waals surface area (Å²) in [5.74, 6) is 0. The molecule has 48 valence electrons. The van der Waals surface area contributed by atoms with E-state index in [-0.39, 0.29) is 0 Å². The fraction of sp³-hybridized carbons (Fsp3) is 1.00. The first-order valence-corrected chi connectivity index (χ1v) is 3.73. The van der Waals surface area contributed by atoms with Gasteiger partial charge in [0.2, 0.25) is 0 Å². The predicted molar refractivity (Wildman–Crippen MR) is 39.0 cm³/mol. The van der Waals surface area contributed by atoms with Gasteiger partial charge in [-0.15, -0.1) is 0 Å². The molecule has 0 spiro atoms. The average Bonchev–Trinajstić information content (AvgIpc) is 1.94. The third-order valence-electron chi connectivity index (χ3n) is 1.58. The number of rotatable bonds is 0. The van der Waals surface area contributed by atoms with Gasteiger partial charge in [-0.3, -0.25) is 4.31 Å². The maximum atomic E-state index is 4.26. The first-order chi connectivity index (χ1) is 3.89. The van der Waals surface area contributed by atoms with Crippen LogP contribution in [0.1, 0.15) is 25.7 Å². The molecule has 0 unspecified atom stereocenters. The van der Waals surface area contributed by atoms with E-state index in [9.17, 15) is 0 Å². The summed E-state index contributed by atoms with van der Waals surface area (Å²) in [6.45, 7) is 2.37. The van der Waals surface area contributed by atoms with Crippen LogP contribution in [0.25, 0.3) is 0 Å². The zero-order chi connectivity index (χ0) is 5.82. The van der Waals surface area contributed by atoms with E-state index in [1.54, 1.807) is 0 Å². The smallest absolute Gasteiger partial charge is 0.00869 e. The molecule has 8 heavy (non-hydrogen) atoms. The van der Waals surface area contributed by atoms with E-state index in [1.165, 1.54) is 38.8 Å². The van der Waals surface area contributed by atoms with Crippen LogP contribution < -0.4 is 0 Å². The lowest BCUT2D eigenvalue weighted by Gasteiger charge is -2.08. The standard InChI is InChI=1S/C6H13NS/c8-7-5-3-1-2-4-6-7/h8H,1-6H2. The van der Waals surface area contributed by atoms with Gasteiger partial charge in [0, 0.05) is 13.1 Å². The molecule has 1 rings (SSSR count). The molecule has 1 heterocycles. The summed E-state index contributed by atoms with van der Waals surface area (Å²) in [5, 5.41) is 0. The van der Waals surface area contributed by atoms with Crippen LogP contribution in [0.3, 0.4) is 0 Å². The second-order valence-electron chi connectivity index (χ2n) is 2.37. The van der Waals surface area contributed by atoms with Gasteiger partial charge in [-0.25, -0.2) is 0 Å². The van der Waals surface area contributed by atoms with E-state index in [4.69, 9.17) is 0 Å². The zero-order valence-corrected chi connectivity index (χ0v) is 6.03. The summed E-state index contributed by atoms with van der Waals surface area (Å²) in [4.78, 5) is 0. The molecule has 0 aliphatic carbocycles. The highest BCUT2D eigenvalue weighted by molar-refractivity contribution is 7.77. The molecule has 0 saturated carbocycles. The van der Waals surface area contributed by atoms with Gasteiger partial charge in [0.15, 0.2) is 0 Å². The van der Waals surface area contributed by atoms with Crippen LogP contribution in [-0.4, -0.2) is 17.4 Å². The Morgan fingerprint density at radius 3 is 1.88 bits per heavy atom. The molecular weight excluding hydrogens is 118 g/mol. The maximum absolute atomic E-state index is 4.26. The van der Waals surface area contributed by atoms with Crippen LogP contribution in [0, 0.1) is 0 Å². The van der Waals surface area contributed by atoms with Gasteiger partial charge in [-0.05, 0) is 12.8 Å². The highest BCUT2D eigenvalue weighted by atomic mass is 32.1. The van der Waals surface area contributed by atoms with Crippen molar-refractivity contribution < 1.29 is 0 Å². The van der Waals surface area contributed by atoms with Crippen molar-refractivity contribution >= 4 is 12.8 Å². The lowest BCUT2D eigenvalue weighted by Crippen LogP contribution is -2.11. The van der Waals surface area contributed by atoms with Gasteiger partial charge < -0.3 is 0 Å². The minimum absolute atomic E-state index is 1.18. The van der Waals surface area contributed by atoms with E-state index >= 15 is 0 Å². The third-order valence-corrected chi connectivity index (χ3v) is 1.98. The summed E-state index contributed by atoms with van der Waals surface area (Å²) in [6, 6.07) is 0. The van der Waals surface area contributed by atoms with E-state index in [2.05, 4.69) is 17.1 Å². The van der Waals surface area contributed by atoms with Gasteiger partial charge in [-0.1, -0.05) is 25.7 Å². The predicted octanol–water partition coefficient (Wildman–Crippen LogP) is 1.71.